The van der Waals surface area contributed by atoms with E-state index in [2.05, 4.69) is 10.3 Å². The van der Waals surface area contributed by atoms with Gasteiger partial charge < -0.3 is 19.7 Å². The normalized spacial score (nSPS) is 11.4. The Morgan fingerprint density at radius 2 is 1.71 bits per heavy atom. The number of hydrogen-bond acceptors (Lipinski definition) is 5. The van der Waals surface area contributed by atoms with Crippen molar-refractivity contribution in [2.45, 2.75) is 32.5 Å². The molecule has 0 radical (unpaired) electrons. The van der Waals surface area contributed by atoms with Crippen LogP contribution in [0.2, 0.25) is 0 Å². The molecule has 0 aliphatic carbocycles. The average molecular weight is 466 g/mol. The Balaban J connectivity index is 1.78. The molecule has 0 unspecified atom stereocenters. The molecule has 7 nitrogen and oxygen atoms in total. The number of pyridine rings is 1. The highest BCUT2D eigenvalue weighted by atomic mass is 19.1. The van der Waals surface area contributed by atoms with Crippen LogP contribution in [0.25, 0.3) is 0 Å². The van der Waals surface area contributed by atoms with E-state index in [1.54, 1.807) is 56.6 Å². The molecule has 0 saturated heterocycles. The zero-order chi connectivity index (χ0) is 24.5. The molecule has 2 aromatic carbocycles. The Labute approximate surface area is 198 Å². The lowest BCUT2D eigenvalue weighted by Gasteiger charge is -2.29. The first-order valence-corrected chi connectivity index (χ1v) is 10.8. The van der Waals surface area contributed by atoms with E-state index >= 15 is 0 Å². The van der Waals surface area contributed by atoms with E-state index in [0.29, 0.717) is 28.3 Å². The fourth-order valence-corrected chi connectivity index (χ4v) is 3.46. The standard InChI is InChI=1S/C26H28FN3O4/c1-18(26(32)29-16-22-6-4-5-13-28-22)30(17-19-7-10-21(27)11-8-19)25(31)15-20-9-12-23(33-2)24(14-20)34-3/h4-14,18H,15-17H2,1-3H3,(H,29,32)/t18-/m1/s1. The van der Waals surface area contributed by atoms with Gasteiger partial charge in [0.2, 0.25) is 11.8 Å². The number of rotatable bonds is 10. The van der Waals surface area contributed by atoms with Gasteiger partial charge in [-0.25, -0.2) is 4.39 Å². The minimum absolute atomic E-state index is 0.0550. The molecular weight excluding hydrogens is 437 g/mol. The number of methoxy groups -OCH3 is 2. The van der Waals surface area contributed by atoms with E-state index in [1.165, 1.54) is 24.1 Å². The van der Waals surface area contributed by atoms with Gasteiger partial charge in [-0.3, -0.25) is 14.6 Å². The van der Waals surface area contributed by atoms with Gasteiger partial charge in [0.25, 0.3) is 0 Å². The summed E-state index contributed by atoms with van der Waals surface area (Å²) in [5.41, 5.74) is 2.14. The first-order chi connectivity index (χ1) is 16.4. The molecule has 3 rings (SSSR count). The molecule has 1 N–H and O–H groups in total. The van der Waals surface area contributed by atoms with E-state index in [4.69, 9.17) is 9.47 Å². The fraction of sp³-hybridized carbons (Fsp3) is 0.269. The van der Waals surface area contributed by atoms with Crippen LogP contribution in [0.4, 0.5) is 4.39 Å². The van der Waals surface area contributed by atoms with Crippen LogP contribution in [0.1, 0.15) is 23.7 Å². The van der Waals surface area contributed by atoms with E-state index in [1.807, 2.05) is 12.1 Å². The van der Waals surface area contributed by atoms with Gasteiger partial charge in [-0.1, -0.05) is 24.3 Å². The van der Waals surface area contributed by atoms with Gasteiger partial charge in [0, 0.05) is 12.7 Å². The zero-order valence-corrected chi connectivity index (χ0v) is 19.5. The highest BCUT2D eigenvalue weighted by Crippen LogP contribution is 2.28. The summed E-state index contributed by atoms with van der Waals surface area (Å²) in [6.07, 6.45) is 1.71. The largest absolute Gasteiger partial charge is 0.493 e. The minimum Gasteiger partial charge on any atom is -0.493 e. The number of carbonyl (C=O) groups excluding carboxylic acids is 2. The summed E-state index contributed by atoms with van der Waals surface area (Å²) in [5, 5.41) is 2.83. The van der Waals surface area contributed by atoms with Crippen molar-refractivity contribution in [2.75, 3.05) is 14.2 Å². The summed E-state index contributed by atoms with van der Waals surface area (Å²) >= 11 is 0. The maximum Gasteiger partial charge on any atom is 0.242 e. The Hall–Kier alpha value is -3.94. The Morgan fingerprint density at radius 3 is 2.35 bits per heavy atom. The fourth-order valence-electron chi connectivity index (χ4n) is 3.46. The molecular formula is C26H28FN3O4. The molecule has 1 heterocycles. The lowest BCUT2D eigenvalue weighted by Crippen LogP contribution is -2.48. The lowest BCUT2D eigenvalue weighted by molar-refractivity contribution is -0.140. The second-order valence-corrected chi connectivity index (χ2v) is 7.73. The van der Waals surface area contributed by atoms with Crippen molar-refractivity contribution in [3.05, 3.63) is 89.5 Å². The van der Waals surface area contributed by atoms with E-state index in [0.717, 1.165) is 0 Å². The summed E-state index contributed by atoms with van der Waals surface area (Å²) in [6, 6.07) is 15.8. The smallest absolute Gasteiger partial charge is 0.242 e. The highest BCUT2D eigenvalue weighted by molar-refractivity contribution is 5.88. The number of nitrogens with zero attached hydrogens (tertiary/aromatic N) is 2. The van der Waals surface area contributed by atoms with Crippen LogP contribution in [-0.2, 0) is 29.1 Å². The highest BCUT2D eigenvalue weighted by Gasteiger charge is 2.26. The molecule has 34 heavy (non-hydrogen) atoms. The molecule has 1 atom stereocenters. The molecule has 0 fully saturated rings. The summed E-state index contributed by atoms with van der Waals surface area (Å²) in [7, 11) is 3.07. The number of halogens is 1. The molecule has 0 aliphatic heterocycles. The van der Waals surface area contributed by atoms with Crippen LogP contribution in [0.15, 0.2) is 66.9 Å². The maximum absolute atomic E-state index is 13.4. The van der Waals surface area contributed by atoms with Gasteiger partial charge in [-0.2, -0.15) is 0 Å². The van der Waals surface area contributed by atoms with Crippen molar-refractivity contribution in [3.8, 4) is 11.5 Å². The lowest BCUT2D eigenvalue weighted by atomic mass is 10.1. The van der Waals surface area contributed by atoms with Crippen molar-refractivity contribution in [1.82, 2.24) is 15.2 Å². The molecule has 2 amide bonds. The summed E-state index contributed by atoms with van der Waals surface area (Å²) in [4.78, 5) is 31.9. The van der Waals surface area contributed by atoms with Gasteiger partial charge in [-0.05, 0) is 54.4 Å². The number of benzene rings is 2. The Bertz CT molecular complexity index is 1110. The third kappa shape index (κ3) is 6.54. The number of aromatic nitrogens is 1. The number of carbonyl (C=O) groups is 2. The SMILES string of the molecule is COc1ccc(CC(=O)N(Cc2ccc(F)cc2)[C@H](C)C(=O)NCc2ccccn2)cc1OC. The quantitative estimate of drug-likeness (QED) is 0.496. The van der Waals surface area contributed by atoms with Crippen LogP contribution in [0.5, 0.6) is 11.5 Å². The van der Waals surface area contributed by atoms with Gasteiger partial charge in [0.1, 0.15) is 11.9 Å². The van der Waals surface area contributed by atoms with Crippen LogP contribution in [0, 0.1) is 5.82 Å². The molecule has 1 aromatic heterocycles. The third-order valence-corrected chi connectivity index (χ3v) is 5.41. The summed E-state index contributed by atoms with van der Waals surface area (Å²) in [5.74, 6) is 0.140. The van der Waals surface area contributed by atoms with Crippen molar-refractivity contribution in [1.29, 1.82) is 0 Å². The molecule has 0 spiro atoms. The number of nitrogens with one attached hydrogen (secondary N) is 1. The Morgan fingerprint density at radius 1 is 1.00 bits per heavy atom. The van der Waals surface area contributed by atoms with Crippen LogP contribution < -0.4 is 14.8 Å². The molecule has 0 saturated carbocycles. The number of amides is 2. The van der Waals surface area contributed by atoms with E-state index in [9.17, 15) is 14.0 Å². The second-order valence-electron chi connectivity index (χ2n) is 7.73. The minimum atomic E-state index is -0.763. The van der Waals surface area contributed by atoms with Crippen molar-refractivity contribution < 1.29 is 23.5 Å². The molecule has 3 aromatic rings. The predicted octanol–water partition coefficient (Wildman–Crippen LogP) is 3.51. The van der Waals surface area contributed by atoms with Gasteiger partial charge in [-0.15, -0.1) is 0 Å². The third-order valence-electron chi connectivity index (χ3n) is 5.41. The topological polar surface area (TPSA) is 80.8 Å². The summed E-state index contributed by atoms with van der Waals surface area (Å²) in [6.45, 7) is 2.08. The maximum atomic E-state index is 13.4. The van der Waals surface area contributed by atoms with Crippen LogP contribution >= 0.6 is 0 Å². The van der Waals surface area contributed by atoms with Gasteiger partial charge >= 0.3 is 0 Å². The second kappa shape index (κ2) is 11.8. The van der Waals surface area contributed by atoms with E-state index < -0.39 is 6.04 Å². The van der Waals surface area contributed by atoms with Crippen molar-refractivity contribution in [2.24, 2.45) is 0 Å². The van der Waals surface area contributed by atoms with Gasteiger partial charge in [0.15, 0.2) is 11.5 Å². The first-order valence-electron chi connectivity index (χ1n) is 10.8. The number of hydrogen-bond donors (Lipinski definition) is 1. The molecule has 8 heteroatoms. The van der Waals surface area contributed by atoms with Crippen molar-refractivity contribution in [3.63, 3.8) is 0 Å². The molecule has 178 valence electrons. The van der Waals surface area contributed by atoms with E-state index in [-0.39, 0.29) is 37.1 Å². The summed E-state index contributed by atoms with van der Waals surface area (Å²) < 4.78 is 24.0. The number of ether oxygens (including phenoxy) is 2. The van der Waals surface area contributed by atoms with Crippen LogP contribution in [0.3, 0.4) is 0 Å². The molecule has 0 bridgehead atoms. The monoisotopic (exact) mass is 465 g/mol. The van der Waals surface area contributed by atoms with Crippen LogP contribution in [-0.4, -0.2) is 42.0 Å². The Kier molecular flexibility index (Phi) is 8.56. The zero-order valence-electron chi connectivity index (χ0n) is 19.5. The molecule has 0 aliphatic rings. The first kappa shape index (κ1) is 24.7. The predicted molar refractivity (Wildman–Crippen MR) is 126 cm³/mol. The average Bonchev–Trinajstić information content (AvgIpc) is 2.86. The van der Waals surface area contributed by atoms with Gasteiger partial charge in [0.05, 0.1) is 32.9 Å². The van der Waals surface area contributed by atoms with Crippen molar-refractivity contribution >= 4 is 11.8 Å².